The molecule has 10 heteroatoms. The quantitative estimate of drug-likeness (QED) is 0.416. The van der Waals surface area contributed by atoms with Crippen molar-refractivity contribution >= 4 is 11.7 Å². The number of likely N-dealkylation sites (tertiary alicyclic amines) is 1. The van der Waals surface area contributed by atoms with Gasteiger partial charge in [0.15, 0.2) is 0 Å². The maximum absolute atomic E-state index is 5.71. The third kappa shape index (κ3) is 13.0. The van der Waals surface area contributed by atoms with Gasteiger partial charge in [-0.05, 0) is 58.0 Å². The Morgan fingerprint density at radius 1 is 0.467 bits per heavy atom. The molecule has 9 aliphatic heterocycles. The zero-order valence-corrected chi connectivity index (χ0v) is 28.7. The number of rotatable bonds is 6. The zero-order valence-electron chi connectivity index (χ0n) is 28.7. The summed E-state index contributed by atoms with van der Waals surface area (Å²) in [6.07, 6.45) is 14.6. The molecular weight excluding hydrogens is 564 g/mol. The minimum absolute atomic E-state index is 0.869. The number of aliphatic imine (C=N–C) groups is 2. The number of nitrogens with zero attached hydrogens (tertiary/aromatic N) is 8. The van der Waals surface area contributed by atoms with E-state index < -0.39 is 0 Å². The van der Waals surface area contributed by atoms with Crippen LogP contribution in [0.5, 0.6) is 0 Å². The van der Waals surface area contributed by atoms with Gasteiger partial charge in [0.05, 0.1) is 38.1 Å². The van der Waals surface area contributed by atoms with Gasteiger partial charge in [0.2, 0.25) is 0 Å². The highest BCUT2D eigenvalue weighted by Gasteiger charge is 2.22. The Kier molecular flexibility index (Phi) is 16.2. The number of piperazine rings is 3. The number of amidine groups is 2. The molecular formula is C35H66N8O2. The van der Waals surface area contributed by atoms with Crippen LogP contribution in [0.25, 0.3) is 0 Å². The van der Waals surface area contributed by atoms with Crippen LogP contribution in [-0.2, 0) is 9.47 Å². The molecule has 0 atom stereocenters. The molecule has 0 spiro atoms. The minimum Gasteiger partial charge on any atom is -0.379 e. The summed E-state index contributed by atoms with van der Waals surface area (Å²) in [5.41, 5.74) is 0. The van der Waals surface area contributed by atoms with Gasteiger partial charge in [-0.25, -0.2) is 0 Å². The van der Waals surface area contributed by atoms with E-state index in [2.05, 4.69) is 39.4 Å². The van der Waals surface area contributed by atoms with E-state index in [0.29, 0.717) is 0 Å². The summed E-state index contributed by atoms with van der Waals surface area (Å²) < 4.78 is 11.0. The lowest BCUT2D eigenvalue weighted by Crippen LogP contribution is -2.55. The van der Waals surface area contributed by atoms with Gasteiger partial charge in [-0.2, -0.15) is 0 Å². The Hall–Kier alpha value is -1.30. The van der Waals surface area contributed by atoms with Crippen LogP contribution in [0.1, 0.15) is 70.6 Å². The first kappa shape index (κ1) is 35.0. The maximum Gasteiger partial charge on any atom is 0.0989 e. The normalized spacial score (nSPS) is 28.4. The van der Waals surface area contributed by atoms with Crippen molar-refractivity contribution in [2.24, 2.45) is 9.98 Å². The molecule has 9 rings (SSSR count). The van der Waals surface area contributed by atoms with Gasteiger partial charge < -0.3 is 24.2 Å². The van der Waals surface area contributed by atoms with E-state index in [0.717, 1.165) is 65.7 Å². The van der Waals surface area contributed by atoms with Crippen LogP contribution in [0, 0.1) is 0 Å². The molecule has 0 aliphatic carbocycles. The fraction of sp³-hybridized carbons (Fsp3) is 0.943. The topological polar surface area (TPSA) is 62.6 Å². The molecule has 0 amide bonds. The molecule has 2 bridgehead atoms. The van der Waals surface area contributed by atoms with Crippen molar-refractivity contribution in [3.05, 3.63) is 0 Å². The molecule has 10 nitrogen and oxygen atoms in total. The second-order valence-corrected chi connectivity index (χ2v) is 13.8. The molecule has 0 aromatic heterocycles. The van der Waals surface area contributed by atoms with Crippen molar-refractivity contribution in [2.45, 2.75) is 70.6 Å². The Labute approximate surface area is 275 Å². The third-order valence-electron chi connectivity index (χ3n) is 10.5. The number of ether oxygens (including phenoxy) is 2. The van der Waals surface area contributed by atoms with Crippen molar-refractivity contribution in [1.82, 2.24) is 29.4 Å². The van der Waals surface area contributed by atoms with Crippen LogP contribution in [0.3, 0.4) is 0 Å². The summed E-state index contributed by atoms with van der Waals surface area (Å²) in [4.78, 5) is 23.9. The number of hydrogen-bond donors (Lipinski definition) is 0. The van der Waals surface area contributed by atoms with Crippen molar-refractivity contribution in [2.75, 3.05) is 144 Å². The van der Waals surface area contributed by atoms with E-state index in [1.807, 2.05) is 0 Å². The molecule has 7 saturated heterocycles. The predicted molar refractivity (Wildman–Crippen MR) is 186 cm³/mol. The standard InChI is InChI=1S/C13H26N2O2.C9H16N2.C7H12N2.C6H12N2/c1-2-4-14(5-3-1)6-10-16-11-7-15-8-12-17-13-9-15;1-2-5-9-10-6-4-8-11(9)7-3-1;1-3-7-8-4-2-6-9(7)5-1;1-2-8-5-3-7(1)4-6-8/h1-13H2;1-8H2;1-6H2;1-6H2. The highest BCUT2D eigenvalue weighted by Crippen LogP contribution is 2.16. The van der Waals surface area contributed by atoms with Gasteiger partial charge in [0.1, 0.15) is 0 Å². The SMILES string of the molecule is C1CCC2=NCCCN2CC1.C1CCN(CCOCCN2CCOCC2)CC1.C1CN2CCN1CC2.C1CN=C2CCCN2C1. The average Bonchev–Trinajstić information content (AvgIpc) is 3.48. The first-order valence-corrected chi connectivity index (χ1v) is 18.9. The van der Waals surface area contributed by atoms with Crippen molar-refractivity contribution < 1.29 is 9.47 Å². The van der Waals surface area contributed by atoms with Crippen molar-refractivity contribution in [1.29, 1.82) is 0 Å². The second-order valence-electron chi connectivity index (χ2n) is 13.8. The summed E-state index contributed by atoms with van der Waals surface area (Å²) >= 11 is 0. The Balaban J connectivity index is 0.000000124. The molecule has 9 heterocycles. The molecule has 7 fully saturated rings. The minimum atomic E-state index is 0.869. The van der Waals surface area contributed by atoms with E-state index in [-0.39, 0.29) is 0 Å². The van der Waals surface area contributed by atoms with Gasteiger partial charge in [0.25, 0.3) is 0 Å². The lowest BCUT2D eigenvalue weighted by molar-refractivity contribution is 0.0173. The van der Waals surface area contributed by atoms with Gasteiger partial charge in [-0.1, -0.05) is 12.8 Å². The van der Waals surface area contributed by atoms with Crippen molar-refractivity contribution in [3.8, 4) is 0 Å². The van der Waals surface area contributed by atoms with E-state index in [1.54, 1.807) is 0 Å². The van der Waals surface area contributed by atoms with Crippen LogP contribution in [0.15, 0.2) is 9.98 Å². The smallest absolute Gasteiger partial charge is 0.0989 e. The van der Waals surface area contributed by atoms with E-state index in [9.17, 15) is 0 Å². The lowest BCUT2D eigenvalue weighted by atomic mass is 10.1. The predicted octanol–water partition coefficient (Wildman–Crippen LogP) is 2.99. The number of hydrogen-bond acceptors (Lipinski definition) is 10. The first-order valence-electron chi connectivity index (χ1n) is 18.9. The highest BCUT2D eigenvalue weighted by molar-refractivity contribution is 5.84. The first-order chi connectivity index (χ1) is 22.3. The second kappa shape index (κ2) is 20.8. The van der Waals surface area contributed by atoms with Crippen LogP contribution in [0.2, 0.25) is 0 Å². The molecule has 0 N–H and O–H groups in total. The summed E-state index contributed by atoms with van der Waals surface area (Å²) in [6.45, 7) is 25.5. The zero-order chi connectivity index (χ0) is 30.8. The average molecular weight is 631 g/mol. The Morgan fingerprint density at radius 2 is 0.933 bits per heavy atom. The number of piperidine rings is 1. The van der Waals surface area contributed by atoms with E-state index in [4.69, 9.17) is 9.47 Å². The van der Waals surface area contributed by atoms with Gasteiger partial charge in [0, 0.05) is 118 Å². The summed E-state index contributed by atoms with van der Waals surface area (Å²) in [5, 5.41) is 0. The van der Waals surface area contributed by atoms with E-state index in [1.165, 1.54) is 161 Å². The largest absolute Gasteiger partial charge is 0.379 e. The fourth-order valence-electron chi connectivity index (χ4n) is 7.56. The summed E-state index contributed by atoms with van der Waals surface area (Å²) in [6, 6.07) is 0. The maximum atomic E-state index is 5.71. The molecule has 45 heavy (non-hydrogen) atoms. The highest BCUT2D eigenvalue weighted by atomic mass is 16.5. The van der Waals surface area contributed by atoms with Crippen molar-refractivity contribution in [3.63, 3.8) is 0 Å². The third-order valence-corrected chi connectivity index (χ3v) is 10.5. The summed E-state index contributed by atoms with van der Waals surface area (Å²) in [5.74, 6) is 2.77. The molecule has 0 saturated carbocycles. The molecule has 0 aromatic rings. The Bertz CT molecular complexity index is 810. The molecule has 9 aliphatic rings. The fourth-order valence-corrected chi connectivity index (χ4v) is 7.56. The number of morpholine rings is 1. The molecule has 0 unspecified atom stereocenters. The Morgan fingerprint density at radius 3 is 1.51 bits per heavy atom. The molecule has 258 valence electrons. The molecule has 0 radical (unpaired) electrons. The number of fused-ring (bicyclic) bond motifs is 5. The van der Waals surface area contributed by atoms with Crippen LogP contribution in [-0.4, -0.2) is 185 Å². The van der Waals surface area contributed by atoms with Crippen LogP contribution >= 0.6 is 0 Å². The summed E-state index contributed by atoms with van der Waals surface area (Å²) in [7, 11) is 0. The monoisotopic (exact) mass is 631 g/mol. The van der Waals surface area contributed by atoms with Crippen LogP contribution in [0.4, 0.5) is 0 Å². The van der Waals surface area contributed by atoms with Gasteiger partial charge in [-0.3, -0.25) is 24.7 Å². The molecule has 0 aromatic carbocycles. The lowest BCUT2D eigenvalue weighted by Gasteiger charge is -2.41. The van der Waals surface area contributed by atoms with Gasteiger partial charge >= 0.3 is 0 Å². The van der Waals surface area contributed by atoms with Gasteiger partial charge in [-0.15, -0.1) is 0 Å². The van der Waals surface area contributed by atoms with E-state index >= 15 is 0 Å². The van der Waals surface area contributed by atoms with Crippen LogP contribution < -0.4 is 0 Å².